The Morgan fingerprint density at radius 2 is 1.63 bits per heavy atom. The lowest BCUT2D eigenvalue weighted by Gasteiger charge is -2.25. The number of amides is 2. The smallest absolute Gasteiger partial charge is 0.242 e. The highest BCUT2D eigenvalue weighted by Gasteiger charge is 2.23. The number of hydrogen-bond acceptors (Lipinski definition) is 5. The first kappa shape index (κ1) is 25.8. The minimum atomic E-state index is -0.523. The molecule has 0 rings (SSSR count). The minimum absolute atomic E-state index is 0.109. The average molecular weight is 388 g/mol. The highest BCUT2D eigenvalue weighted by Crippen LogP contribution is 2.08. The van der Waals surface area contributed by atoms with E-state index in [1.807, 2.05) is 0 Å². The fourth-order valence-corrected chi connectivity index (χ4v) is 2.68. The summed E-state index contributed by atoms with van der Waals surface area (Å²) in [7, 11) is 0. The van der Waals surface area contributed by atoms with Crippen molar-refractivity contribution in [1.82, 2.24) is 10.6 Å². The molecule has 0 aromatic rings. The van der Waals surface area contributed by atoms with E-state index >= 15 is 0 Å². The zero-order valence-corrected chi connectivity index (χ0v) is 17.7. The molecule has 0 heterocycles. The van der Waals surface area contributed by atoms with Crippen LogP contribution in [0.1, 0.15) is 66.2 Å². The molecule has 0 aliphatic carbocycles. The summed E-state index contributed by atoms with van der Waals surface area (Å²) in [5.41, 5.74) is 5.54. The molecule has 2 amide bonds. The molecule has 7 nitrogen and oxygen atoms in total. The Morgan fingerprint density at radius 3 is 2.19 bits per heavy atom. The van der Waals surface area contributed by atoms with E-state index in [-0.39, 0.29) is 24.3 Å². The molecule has 160 valence electrons. The summed E-state index contributed by atoms with van der Waals surface area (Å²) in [5, 5.41) is 5.91. The summed E-state index contributed by atoms with van der Waals surface area (Å²) in [6.07, 6.45) is 4.30. The van der Waals surface area contributed by atoms with Gasteiger partial charge < -0.3 is 25.8 Å². The monoisotopic (exact) mass is 387 g/mol. The Kier molecular flexibility index (Phi) is 16.2. The Bertz CT molecular complexity index is 391. The highest BCUT2D eigenvalue weighted by atomic mass is 16.5. The Labute approximate surface area is 165 Å². The van der Waals surface area contributed by atoms with E-state index in [2.05, 4.69) is 38.3 Å². The van der Waals surface area contributed by atoms with Crippen LogP contribution in [0.3, 0.4) is 0 Å². The van der Waals surface area contributed by atoms with Crippen molar-refractivity contribution >= 4 is 11.8 Å². The van der Waals surface area contributed by atoms with Crippen molar-refractivity contribution in [2.45, 2.75) is 78.3 Å². The first-order valence-electron chi connectivity index (χ1n) is 10.4. The van der Waals surface area contributed by atoms with Crippen LogP contribution < -0.4 is 16.4 Å². The second kappa shape index (κ2) is 17.0. The van der Waals surface area contributed by atoms with Crippen LogP contribution in [0.15, 0.2) is 0 Å². The topological polar surface area (TPSA) is 103 Å². The molecule has 27 heavy (non-hydrogen) atoms. The van der Waals surface area contributed by atoms with Gasteiger partial charge in [-0.05, 0) is 44.6 Å². The second-order valence-corrected chi connectivity index (χ2v) is 7.15. The molecule has 2 unspecified atom stereocenters. The Hall–Kier alpha value is -1.18. The van der Waals surface area contributed by atoms with E-state index < -0.39 is 6.04 Å². The van der Waals surface area contributed by atoms with Crippen LogP contribution in [-0.2, 0) is 19.1 Å². The molecule has 7 heteroatoms. The van der Waals surface area contributed by atoms with E-state index in [0.717, 1.165) is 32.3 Å². The molecule has 0 aliphatic rings. The van der Waals surface area contributed by atoms with Gasteiger partial charge in [0.05, 0.1) is 19.8 Å². The average Bonchev–Trinajstić information content (AvgIpc) is 2.64. The van der Waals surface area contributed by atoms with Crippen molar-refractivity contribution < 1.29 is 19.1 Å². The van der Waals surface area contributed by atoms with Gasteiger partial charge in [-0.3, -0.25) is 9.59 Å². The summed E-state index contributed by atoms with van der Waals surface area (Å²) in [4.78, 5) is 24.8. The summed E-state index contributed by atoms with van der Waals surface area (Å²) >= 11 is 0. The molecule has 0 aromatic heterocycles. The third-order valence-electron chi connectivity index (χ3n) is 4.36. The van der Waals surface area contributed by atoms with E-state index in [1.54, 1.807) is 0 Å². The maximum Gasteiger partial charge on any atom is 0.242 e. The van der Waals surface area contributed by atoms with Crippen LogP contribution in [0.4, 0.5) is 0 Å². The number of unbranched alkanes of at least 4 members (excludes halogenated alkanes) is 1. The molecule has 0 spiro atoms. The zero-order chi connectivity index (χ0) is 20.5. The van der Waals surface area contributed by atoms with Crippen molar-refractivity contribution in [1.29, 1.82) is 0 Å². The van der Waals surface area contributed by atoms with Crippen LogP contribution in [0, 0.1) is 5.92 Å². The molecule has 0 radical (unpaired) electrons. The fourth-order valence-electron chi connectivity index (χ4n) is 2.68. The standard InChI is InChI=1S/C20H41N3O4/c1-5-12-26-14-15-27-13-10-19(24)22-18(9-7-8-11-21)20(25)23-17(6-2)16(3)4/h16-18H,5-15,21H2,1-4H3,(H,22,24)(H,23,25). The lowest BCUT2D eigenvalue weighted by atomic mass is 10.0. The van der Waals surface area contributed by atoms with Crippen LogP contribution >= 0.6 is 0 Å². The summed E-state index contributed by atoms with van der Waals surface area (Å²) < 4.78 is 10.7. The van der Waals surface area contributed by atoms with Gasteiger partial charge in [0.1, 0.15) is 6.04 Å². The van der Waals surface area contributed by atoms with Gasteiger partial charge in [-0.25, -0.2) is 0 Å². The molecular formula is C20H41N3O4. The third-order valence-corrected chi connectivity index (χ3v) is 4.36. The van der Waals surface area contributed by atoms with Crippen molar-refractivity contribution in [2.75, 3.05) is 33.0 Å². The van der Waals surface area contributed by atoms with Gasteiger partial charge >= 0.3 is 0 Å². The molecule has 0 fully saturated rings. The maximum atomic E-state index is 12.6. The zero-order valence-electron chi connectivity index (χ0n) is 17.7. The van der Waals surface area contributed by atoms with E-state index in [0.29, 0.717) is 38.7 Å². The summed E-state index contributed by atoms with van der Waals surface area (Å²) in [6.45, 7) is 10.9. The number of carbonyl (C=O) groups is 2. The number of carbonyl (C=O) groups excluding carboxylic acids is 2. The molecule has 4 N–H and O–H groups in total. The van der Waals surface area contributed by atoms with Crippen LogP contribution in [0.2, 0.25) is 0 Å². The van der Waals surface area contributed by atoms with E-state index in [1.165, 1.54) is 0 Å². The highest BCUT2D eigenvalue weighted by molar-refractivity contribution is 5.87. The number of ether oxygens (including phenoxy) is 2. The minimum Gasteiger partial charge on any atom is -0.379 e. The number of rotatable bonds is 17. The first-order chi connectivity index (χ1) is 13.0. The van der Waals surface area contributed by atoms with Gasteiger partial charge in [-0.15, -0.1) is 0 Å². The van der Waals surface area contributed by atoms with E-state index in [9.17, 15) is 9.59 Å². The molecular weight excluding hydrogens is 346 g/mol. The molecule has 0 aromatic carbocycles. The predicted molar refractivity (Wildman–Crippen MR) is 108 cm³/mol. The molecule has 0 saturated carbocycles. The second-order valence-electron chi connectivity index (χ2n) is 7.15. The van der Waals surface area contributed by atoms with Gasteiger partial charge in [0.2, 0.25) is 11.8 Å². The molecule has 0 bridgehead atoms. The molecule has 2 atom stereocenters. The molecule has 0 saturated heterocycles. The van der Waals surface area contributed by atoms with Gasteiger partial charge in [-0.1, -0.05) is 27.7 Å². The van der Waals surface area contributed by atoms with Gasteiger partial charge in [0.15, 0.2) is 0 Å². The van der Waals surface area contributed by atoms with Gasteiger partial charge in [-0.2, -0.15) is 0 Å². The van der Waals surface area contributed by atoms with Crippen molar-refractivity contribution in [2.24, 2.45) is 11.7 Å². The van der Waals surface area contributed by atoms with Crippen molar-refractivity contribution in [3.05, 3.63) is 0 Å². The number of nitrogens with two attached hydrogens (primary N) is 1. The Morgan fingerprint density at radius 1 is 0.963 bits per heavy atom. The van der Waals surface area contributed by atoms with Crippen molar-refractivity contribution in [3.8, 4) is 0 Å². The fraction of sp³-hybridized carbons (Fsp3) is 0.900. The maximum absolute atomic E-state index is 12.6. The third kappa shape index (κ3) is 13.6. The summed E-state index contributed by atoms with van der Waals surface area (Å²) in [5.74, 6) is 0.0625. The summed E-state index contributed by atoms with van der Waals surface area (Å²) in [6, 6.07) is -0.414. The number of hydrogen-bond donors (Lipinski definition) is 3. The van der Waals surface area contributed by atoms with Crippen LogP contribution in [0.5, 0.6) is 0 Å². The number of nitrogens with one attached hydrogen (secondary N) is 2. The van der Waals surface area contributed by atoms with Crippen LogP contribution in [0.25, 0.3) is 0 Å². The lowest BCUT2D eigenvalue weighted by molar-refractivity contribution is -0.130. The lowest BCUT2D eigenvalue weighted by Crippen LogP contribution is -2.50. The predicted octanol–water partition coefficient (Wildman–Crippen LogP) is 1.98. The molecule has 0 aliphatic heterocycles. The normalized spacial score (nSPS) is 13.4. The SMILES string of the molecule is CCCOCCOCCC(=O)NC(CCCCN)C(=O)NC(CC)C(C)C. The first-order valence-corrected chi connectivity index (χ1v) is 10.4. The largest absolute Gasteiger partial charge is 0.379 e. The van der Waals surface area contributed by atoms with E-state index in [4.69, 9.17) is 15.2 Å². The quantitative estimate of drug-likeness (QED) is 0.331. The van der Waals surface area contributed by atoms with Gasteiger partial charge in [0.25, 0.3) is 0 Å². The van der Waals surface area contributed by atoms with Crippen LogP contribution in [-0.4, -0.2) is 56.9 Å². The van der Waals surface area contributed by atoms with Gasteiger partial charge in [0, 0.05) is 19.1 Å². The Balaban J connectivity index is 4.36. The van der Waals surface area contributed by atoms with Crippen molar-refractivity contribution in [3.63, 3.8) is 0 Å².